The minimum absolute atomic E-state index is 0.270. The number of hydrogen-bond donors (Lipinski definition) is 1. The second-order valence-electron chi connectivity index (χ2n) is 5.77. The fourth-order valence-corrected chi connectivity index (χ4v) is 2.66. The molecule has 2 heterocycles. The van der Waals surface area contributed by atoms with Crippen LogP contribution in [0, 0.1) is 0 Å². The predicted octanol–water partition coefficient (Wildman–Crippen LogP) is 2.08. The van der Waals surface area contributed by atoms with Crippen LogP contribution in [0.2, 0.25) is 0 Å². The zero-order valence-corrected chi connectivity index (χ0v) is 12.9. The Balaban J connectivity index is 1.67. The number of likely N-dealkylation sites (tertiary alicyclic amines) is 1. The Morgan fingerprint density at radius 2 is 1.95 bits per heavy atom. The van der Waals surface area contributed by atoms with Gasteiger partial charge in [-0.2, -0.15) is 0 Å². The lowest BCUT2D eigenvalue weighted by Gasteiger charge is -2.29. The topological polar surface area (TPSA) is 64.3 Å². The van der Waals surface area contributed by atoms with Crippen LogP contribution in [0.4, 0.5) is 0 Å². The van der Waals surface area contributed by atoms with Gasteiger partial charge in [0.25, 0.3) is 0 Å². The Morgan fingerprint density at radius 1 is 1.23 bits per heavy atom. The highest BCUT2D eigenvalue weighted by Gasteiger charge is 2.18. The van der Waals surface area contributed by atoms with Crippen molar-refractivity contribution >= 4 is 0 Å². The molecule has 1 aromatic heterocycles. The zero-order valence-electron chi connectivity index (χ0n) is 12.9. The molecule has 0 spiro atoms. The average molecular weight is 298 g/mol. The molecule has 0 radical (unpaired) electrons. The monoisotopic (exact) mass is 298 g/mol. The summed E-state index contributed by atoms with van der Waals surface area (Å²) in [6, 6.07) is 7.99. The fourth-order valence-electron chi connectivity index (χ4n) is 2.66. The van der Waals surface area contributed by atoms with Gasteiger partial charge in [-0.3, -0.25) is 0 Å². The van der Waals surface area contributed by atoms with E-state index in [-0.39, 0.29) is 6.10 Å². The van der Waals surface area contributed by atoms with Crippen molar-refractivity contribution < 1.29 is 4.74 Å². The molecule has 2 N–H and O–H groups in total. The molecule has 0 aliphatic carbocycles. The van der Waals surface area contributed by atoms with Gasteiger partial charge in [0, 0.05) is 25.2 Å². The Kier molecular flexibility index (Phi) is 4.65. The van der Waals surface area contributed by atoms with Crippen molar-refractivity contribution in [2.75, 3.05) is 20.1 Å². The number of aromatic nitrogens is 2. The van der Waals surface area contributed by atoms with Crippen molar-refractivity contribution in [3.05, 3.63) is 42.2 Å². The average Bonchev–Trinajstić information content (AvgIpc) is 2.58. The molecule has 1 aliphatic heterocycles. The summed E-state index contributed by atoms with van der Waals surface area (Å²) in [4.78, 5) is 11.2. The molecule has 0 bridgehead atoms. The van der Waals surface area contributed by atoms with E-state index in [9.17, 15) is 0 Å². The summed E-state index contributed by atoms with van der Waals surface area (Å²) in [5.74, 6) is 1.44. The maximum absolute atomic E-state index is 5.97. The SMILES string of the molecule is CN1CCC(Oc2cnc(-c3cccc(CN)c3)nc2)CC1. The number of piperidine rings is 1. The van der Waals surface area contributed by atoms with Gasteiger partial charge in [0.2, 0.25) is 0 Å². The van der Waals surface area contributed by atoms with Crippen LogP contribution >= 0.6 is 0 Å². The first kappa shape index (κ1) is 14.9. The molecular formula is C17H22N4O. The van der Waals surface area contributed by atoms with Gasteiger partial charge in [-0.15, -0.1) is 0 Å². The lowest BCUT2D eigenvalue weighted by atomic mass is 10.1. The van der Waals surface area contributed by atoms with Crippen LogP contribution in [0.25, 0.3) is 11.4 Å². The third kappa shape index (κ3) is 3.61. The smallest absolute Gasteiger partial charge is 0.159 e. The minimum atomic E-state index is 0.270. The molecule has 0 saturated carbocycles. The Hall–Kier alpha value is -1.98. The molecule has 5 heteroatoms. The van der Waals surface area contributed by atoms with E-state index in [4.69, 9.17) is 10.5 Å². The molecule has 5 nitrogen and oxygen atoms in total. The molecule has 22 heavy (non-hydrogen) atoms. The summed E-state index contributed by atoms with van der Waals surface area (Å²) in [7, 11) is 2.14. The summed E-state index contributed by atoms with van der Waals surface area (Å²) in [5.41, 5.74) is 7.73. The van der Waals surface area contributed by atoms with Gasteiger partial charge in [-0.05, 0) is 31.5 Å². The van der Waals surface area contributed by atoms with Gasteiger partial charge in [-0.1, -0.05) is 18.2 Å². The first-order chi connectivity index (χ1) is 10.7. The normalized spacial score (nSPS) is 16.6. The molecule has 3 rings (SSSR count). The van der Waals surface area contributed by atoms with Gasteiger partial charge >= 0.3 is 0 Å². The molecule has 116 valence electrons. The van der Waals surface area contributed by atoms with Gasteiger partial charge in [-0.25, -0.2) is 9.97 Å². The minimum Gasteiger partial charge on any atom is -0.487 e. The van der Waals surface area contributed by atoms with E-state index in [1.807, 2.05) is 24.3 Å². The summed E-state index contributed by atoms with van der Waals surface area (Å²) in [6.45, 7) is 2.68. The maximum Gasteiger partial charge on any atom is 0.159 e. The highest BCUT2D eigenvalue weighted by Crippen LogP contribution is 2.20. The molecule has 1 saturated heterocycles. The third-order valence-corrected chi connectivity index (χ3v) is 4.02. The number of rotatable bonds is 4. The van der Waals surface area contributed by atoms with E-state index >= 15 is 0 Å². The second-order valence-corrected chi connectivity index (χ2v) is 5.77. The van der Waals surface area contributed by atoms with E-state index in [1.54, 1.807) is 12.4 Å². The number of hydrogen-bond acceptors (Lipinski definition) is 5. The number of nitrogens with two attached hydrogens (primary N) is 1. The first-order valence-electron chi connectivity index (χ1n) is 7.71. The van der Waals surface area contributed by atoms with Gasteiger partial charge in [0.05, 0.1) is 12.4 Å². The van der Waals surface area contributed by atoms with Crippen molar-refractivity contribution in [3.63, 3.8) is 0 Å². The van der Waals surface area contributed by atoms with Crippen LogP contribution in [0.3, 0.4) is 0 Å². The van der Waals surface area contributed by atoms with E-state index in [0.717, 1.165) is 42.8 Å². The molecule has 0 atom stereocenters. The maximum atomic E-state index is 5.97. The van der Waals surface area contributed by atoms with E-state index in [2.05, 4.69) is 21.9 Å². The van der Waals surface area contributed by atoms with Gasteiger partial charge in [0.1, 0.15) is 6.10 Å². The van der Waals surface area contributed by atoms with E-state index < -0.39 is 0 Å². The fraction of sp³-hybridized carbons (Fsp3) is 0.412. The van der Waals surface area contributed by atoms with Crippen LogP contribution in [0.1, 0.15) is 18.4 Å². The Bertz CT molecular complexity index is 606. The highest BCUT2D eigenvalue weighted by atomic mass is 16.5. The Labute approximate surface area is 131 Å². The van der Waals surface area contributed by atoms with Crippen molar-refractivity contribution in [2.24, 2.45) is 5.73 Å². The predicted molar refractivity (Wildman–Crippen MR) is 86.5 cm³/mol. The summed E-state index contributed by atoms with van der Waals surface area (Å²) >= 11 is 0. The summed E-state index contributed by atoms with van der Waals surface area (Å²) in [5, 5.41) is 0. The quantitative estimate of drug-likeness (QED) is 0.936. The van der Waals surface area contributed by atoms with Crippen molar-refractivity contribution in [3.8, 4) is 17.1 Å². The Morgan fingerprint density at radius 3 is 2.64 bits per heavy atom. The van der Waals surface area contributed by atoms with Crippen LogP contribution in [-0.4, -0.2) is 41.1 Å². The first-order valence-corrected chi connectivity index (χ1v) is 7.71. The summed E-state index contributed by atoms with van der Waals surface area (Å²) in [6.07, 6.45) is 5.89. The number of ether oxygens (including phenoxy) is 1. The van der Waals surface area contributed by atoms with E-state index in [1.165, 1.54) is 0 Å². The summed E-state index contributed by atoms with van der Waals surface area (Å²) < 4.78 is 5.97. The van der Waals surface area contributed by atoms with Crippen molar-refractivity contribution in [1.29, 1.82) is 0 Å². The van der Waals surface area contributed by atoms with E-state index in [0.29, 0.717) is 12.4 Å². The van der Waals surface area contributed by atoms with Crippen LogP contribution in [-0.2, 0) is 6.54 Å². The van der Waals surface area contributed by atoms with Crippen LogP contribution < -0.4 is 10.5 Å². The third-order valence-electron chi connectivity index (χ3n) is 4.02. The largest absolute Gasteiger partial charge is 0.487 e. The molecule has 0 unspecified atom stereocenters. The molecule has 1 aromatic carbocycles. The molecular weight excluding hydrogens is 276 g/mol. The van der Waals surface area contributed by atoms with Gasteiger partial charge < -0.3 is 15.4 Å². The van der Waals surface area contributed by atoms with Gasteiger partial charge in [0.15, 0.2) is 11.6 Å². The van der Waals surface area contributed by atoms with Crippen molar-refractivity contribution in [1.82, 2.24) is 14.9 Å². The lowest BCUT2D eigenvalue weighted by molar-refractivity contribution is 0.113. The van der Waals surface area contributed by atoms with Crippen LogP contribution in [0.5, 0.6) is 5.75 Å². The molecule has 1 fully saturated rings. The number of nitrogens with zero attached hydrogens (tertiary/aromatic N) is 3. The molecule has 0 amide bonds. The number of benzene rings is 1. The second kappa shape index (κ2) is 6.85. The van der Waals surface area contributed by atoms with Crippen molar-refractivity contribution in [2.45, 2.75) is 25.5 Å². The zero-order chi connectivity index (χ0) is 15.4. The van der Waals surface area contributed by atoms with Crippen LogP contribution in [0.15, 0.2) is 36.7 Å². The molecule has 2 aromatic rings. The molecule has 1 aliphatic rings. The standard InChI is InChI=1S/C17H22N4O/c1-21-7-5-15(6-8-21)22-16-11-19-17(20-12-16)14-4-2-3-13(9-14)10-18/h2-4,9,11-12,15H,5-8,10,18H2,1H3. The highest BCUT2D eigenvalue weighted by molar-refractivity contribution is 5.56. The lowest BCUT2D eigenvalue weighted by Crippen LogP contribution is -2.35.